The molecule has 0 aliphatic heterocycles. The maximum absolute atomic E-state index is 11.9. The first-order chi connectivity index (χ1) is 8.91. The van der Waals surface area contributed by atoms with Gasteiger partial charge in [-0.1, -0.05) is 12.8 Å². The van der Waals surface area contributed by atoms with Gasteiger partial charge in [-0.3, -0.25) is 0 Å². The average Bonchev–Trinajstić information content (AvgIpc) is 3.15. The van der Waals surface area contributed by atoms with Crippen LogP contribution in [0.4, 0.5) is 5.69 Å². The Hall–Kier alpha value is -1.27. The molecule has 5 nitrogen and oxygen atoms in total. The number of sulfonamides is 1. The van der Waals surface area contributed by atoms with Gasteiger partial charge in [-0.25, -0.2) is 12.7 Å². The number of ether oxygens (including phenoxy) is 1. The van der Waals surface area contributed by atoms with Crippen LogP contribution in [0.2, 0.25) is 0 Å². The van der Waals surface area contributed by atoms with Crippen LogP contribution in [0.15, 0.2) is 23.1 Å². The third-order valence-corrected chi connectivity index (χ3v) is 5.05. The molecule has 1 fully saturated rings. The number of nitrogens with two attached hydrogens (primary N) is 1. The van der Waals surface area contributed by atoms with Gasteiger partial charge in [0, 0.05) is 14.1 Å². The third kappa shape index (κ3) is 3.39. The molecule has 106 valence electrons. The molecule has 0 spiro atoms. The second-order valence-electron chi connectivity index (χ2n) is 5.07. The molecule has 0 atom stereocenters. The summed E-state index contributed by atoms with van der Waals surface area (Å²) in [5.74, 6) is 1.35. The molecule has 6 heteroatoms. The maximum Gasteiger partial charge on any atom is 0.242 e. The Bertz CT molecular complexity index is 551. The van der Waals surface area contributed by atoms with Crippen LogP contribution in [0.3, 0.4) is 0 Å². The van der Waals surface area contributed by atoms with E-state index >= 15 is 0 Å². The minimum Gasteiger partial charge on any atom is -0.491 e. The van der Waals surface area contributed by atoms with Crippen molar-refractivity contribution in [3.63, 3.8) is 0 Å². The third-order valence-electron chi connectivity index (χ3n) is 3.24. The monoisotopic (exact) mass is 284 g/mol. The minimum absolute atomic E-state index is 0.185. The first-order valence-electron chi connectivity index (χ1n) is 6.36. The summed E-state index contributed by atoms with van der Waals surface area (Å²) < 4.78 is 30.6. The summed E-state index contributed by atoms with van der Waals surface area (Å²) in [5.41, 5.74) is 6.20. The smallest absolute Gasteiger partial charge is 0.242 e. The van der Waals surface area contributed by atoms with Crippen molar-refractivity contribution in [2.75, 3.05) is 26.4 Å². The van der Waals surface area contributed by atoms with Gasteiger partial charge in [0.15, 0.2) is 0 Å². The molecule has 0 saturated heterocycles. The lowest BCUT2D eigenvalue weighted by Crippen LogP contribution is -2.22. The summed E-state index contributed by atoms with van der Waals surface area (Å²) in [6.07, 6.45) is 3.62. The predicted molar refractivity (Wildman–Crippen MR) is 74.6 cm³/mol. The Balaban J connectivity index is 2.07. The van der Waals surface area contributed by atoms with E-state index in [0.717, 1.165) is 16.6 Å². The minimum atomic E-state index is -3.44. The van der Waals surface area contributed by atoms with Gasteiger partial charge in [0.05, 0.1) is 17.2 Å². The van der Waals surface area contributed by atoms with Gasteiger partial charge >= 0.3 is 0 Å². The molecule has 1 aromatic carbocycles. The van der Waals surface area contributed by atoms with Crippen LogP contribution in [0, 0.1) is 5.92 Å². The molecule has 0 bridgehead atoms. The second kappa shape index (κ2) is 5.38. The zero-order valence-corrected chi connectivity index (χ0v) is 12.1. The van der Waals surface area contributed by atoms with Crippen LogP contribution in [-0.2, 0) is 10.0 Å². The molecule has 2 N–H and O–H groups in total. The summed E-state index contributed by atoms with van der Waals surface area (Å²) in [4.78, 5) is 0.185. The van der Waals surface area contributed by atoms with Gasteiger partial charge < -0.3 is 10.5 Å². The Morgan fingerprint density at radius 1 is 1.37 bits per heavy atom. The van der Waals surface area contributed by atoms with Gasteiger partial charge in [-0.05, 0) is 30.5 Å². The zero-order valence-electron chi connectivity index (χ0n) is 11.3. The van der Waals surface area contributed by atoms with E-state index in [1.54, 1.807) is 6.07 Å². The van der Waals surface area contributed by atoms with Crippen LogP contribution in [0.5, 0.6) is 5.75 Å². The molecular weight excluding hydrogens is 264 g/mol. The fourth-order valence-corrected chi connectivity index (χ4v) is 2.71. The average molecular weight is 284 g/mol. The summed E-state index contributed by atoms with van der Waals surface area (Å²) >= 11 is 0. The van der Waals surface area contributed by atoms with E-state index in [-0.39, 0.29) is 4.90 Å². The molecule has 1 aliphatic rings. The Morgan fingerprint density at radius 3 is 2.58 bits per heavy atom. The van der Waals surface area contributed by atoms with Crippen LogP contribution in [-0.4, -0.2) is 33.4 Å². The highest BCUT2D eigenvalue weighted by Crippen LogP contribution is 2.33. The van der Waals surface area contributed by atoms with Gasteiger partial charge in [-0.2, -0.15) is 0 Å². The van der Waals surface area contributed by atoms with Gasteiger partial charge in [0.2, 0.25) is 10.0 Å². The van der Waals surface area contributed by atoms with Crippen molar-refractivity contribution in [2.45, 2.75) is 24.2 Å². The number of hydrogen-bond donors (Lipinski definition) is 1. The Morgan fingerprint density at radius 2 is 2.05 bits per heavy atom. The predicted octanol–water partition coefficient (Wildman–Crippen LogP) is 1.70. The van der Waals surface area contributed by atoms with Crippen LogP contribution in [0.25, 0.3) is 0 Å². The molecule has 2 rings (SSSR count). The lowest BCUT2D eigenvalue weighted by Gasteiger charge is -2.13. The van der Waals surface area contributed by atoms with Crippen molar-refractivity contribution in [2.24, 2.45) is 5.92 Å². The van der Waals surface area contributed by atoms with E-state index in [9.17, 15) is 8.42 Å². The highest BCUT2D eigenvalue weighted by Gasteiger charge is 2.21. The summed E-state index contributed by atoms with van der Waals surface area (Å²) in [5, 5.41) is 0. The van der Waals surface area contributed by atoms with E-state index in [2.05, 4.69) is 0 Å². The van der Waals surface area contributed by atoms with E-state index in [0.29, 0.717) is 18.0 Å². The van der Waals surface area contributed by atoms with E-state index < -0.39 is 10.0 Å². The second-order valence-corrected chi connectivity index (χ2v) is 7.22. The molecule has 1 aliphatic carbocycles. The fourth-order valence-electron chi connectivity index (χ4n) is 1.77. The van der Waals surface area contributed by atoms with E-state index in [1.807, 2.05) is 0 Å². The van der Waals surface area contributed by atoms with Crippen LogP contribution >= 0.6 is 0 Å². The van der Waals surface area contributed by atoms with Gasteiger partial charge in [-0.15, -0.1) is 0 Å². The SMILES string of the molecule is CN(C)S(=O)(=O)c1ccc(OCCC2CC2)c(N)c1. The van der Waals surface area contributed by atoms with E-state index in [1.165, 1.54) is 39.1 Å². The molecule has 0 amide bonds. The van der Waals surface area contributed by atoms with Gasteiger partial charge in [0.1, 0.15) is 5.75 Å². The molecule has 1 saturated carbocycles. The largest absolute Gasteiger partial charge is 0.491 e. The fraction of sp³-hybridized carbons (Fsp3) is 0.538. The quantitative estimate of drug-likeness (QED) is 0.807. The standard InChI is InChI=1S/C13H20N2O3S/c1-15(2)19(16,17)11-5-6-13(12(14)9-11)18-8-7-10-3-4-10/h5-6,9-10H,3-4,7-8,14H2,1-2H3. The summed E-state index contributed by atoms with van der Waals surface area (Å²) in [6, 6.07) is 4.60. The number of hydrogen-bond acceptors (Lipinski definition) is 4. The first kappa shape index (κ1) is 14.1. The van der Waals surface area contributed by atoms with Crippen LogP contribution < -0.4 is 10.5 Å². The van der Waals surface area contributed by atoms with Crippen molar-refractivity contribution in [1.82, 2.24) is 4.31 Å². The number of nitrogens with zero attached hydrogens (tertiary/aromatic N) is 1. The molecule has 1 aromatic rings. The first-order valence-corrected chi connectivity index (χ1v) is 7.80. The highest BCUT2D eigenvalue weighted by molar-refractivity contribution is 7.89. The molecule has 0 aromatic heterocycles. The Kier molecular flexibility index (Phi) is 4.01. The molecular formula is C13H20N2O3S. The maximum atomic E-state index is 11.9. The molecule has 0 heterocycles. The molecule has 0 radical (unpaired) electrons. The van der Waals surface area contributed by atoms with Crippen molar-refractivity contribution in [1.29, 1.82) is 0 Å². The topological polar surface area (TPSA) is 72.6 Å². The van der Waals surface area contributed by atoms with Crippen molar-refractivity contribution in [3.8, 4) is 5.75 Å². The summed E-state index contributed by atoms with van der Waals surface area (Å²) in [7, 11) is -0.459. The molecule has 19 heavy (non-hydrogen) atoms. The van der Waals surface area contributed by atoms with Gasteiger partial charge in [0.25, 0.3) is 0 Å². The van der Waals surface area contributed by atoms with Crippen LogP contribution in [0.1, 0.15) is 19.3 Å². The highest BCUT2D eigenvalue weighted by atomic mass is 32.2. The summed E-state index contributed by atoms with van der Waals surface area (Å²) in [6.45, 7) is 0.634. The number of anilines is 1. The number of nitrogen functional groups attached to an aromatic ring is 1. The number of benzene rings is 1. The van der Waals surface area contributed by atoms with Crippen molar-refractivity contribution in [3.05, 3.63) is 18.2 Å². The lowest BCUT2D eigenvalue weighted by atomic mass is 10.3. The molecule has 0 unspecified atom stereocenters. The zero-order chi connectivity index (χ0) is 14.0. The Labute approximate surface area is 114 Å². The lowest BCUT2D eigenvalue weighted by molar-refractivity contribution is 0.304. The van der Waals surface area contributed by atoms with Crippen molar-refractivity contribution >= 4 is 15.7 Å². The van der Waals surface area contributed by atoms with Crippen molar-refractivity contribution < 1.29 is 13.2 Å². The van der Waals surface area contributed by atoms with E-state index in [4.69, 9.17) is 10.5 Å². The normalized spacial score (nSPS) is 15.7. The number of rotatable bonds is 6.